The average Bonchev–Trinajstić information content (AvgIpc) is 2.43. The molecule has 0 saturated heterocycles. The minimum atomic E-state index is -0.282. The summed E-state index contributed by atoms with van der Waals surface area (Å²) >= 11 is 0. The number of nitrogens with two attached hydrogens (primary N) is 1. The van der Waals surface area contributed by atoms with Gasteiger partial charge in [0, 0.05) is 26.8 Å². The lowest BCUT2D eigenvalue weighted by Crippen LogP contribution is -2.41. The van der Waals surface area contributed by atoms with Gasteiger partial charge in [-0.25, -0.2) is 0 Å². The Morgan fingerprint density at radius 1 is 1.63 bits per heavy atom. The highest BCUT2D eigenvalue weighted by molar-refractivity contribution is 5.95. The zero-order valence-electron chi connectivity index (χ0n) is 11.3. The fourth-order valence-electron chi connectivity index (χ4n) is 1.52. The van der Waals surface area contributed by atoms with Gasteiger partial charge >= 0.3 is 0 Å². The maximum atomic E-state index is 11.7. The van der Waals surface area contributed by atoms with Crippen molar-refractivity contribution in [2.24, 2.45) is 10.9 Å². The molecule has 7 nitrogen and oxygen atoms in total. The first-order valence-corrected chi connectivity index (χ1v) is 5.83. The highest BCUT2D eigenvalue weighted by Gasteiger charge is 2.13. The average molecular weight is 265 g/mol. The second kappa shape index (κ2) is 6.69. The van der Waals surface area contributed by atoms with Crippen LogP contribution in [-0.4, -0.2) is 47.0 Å². The summed E-state index contributed by atoms with van der Waals surface area (Å²) in [6.07, 6.45) is 1.57. The molecule has 0 aliphatic rings. The van der Waals surface area contributed by atoms with Crippen molar-refractivity contribution in [3.63, 3.8) is 0 Å². The summed E-state index contributed by atoms with van der Waals surface area (Å²) in [5.74, 6) is -0.0371. The predicted molar refractivity (Wildman–Crippen MR) is 71.7 cm³/mol. The van der Waals surface area contributed by atoms with Crippen molar-refractivity contribution < 1.29 is 10.0 Å². The van der Waals surface area contributed by atoms with Crippen molar-refractivity contribution in [3.05, 3.63) is 29.6 Å². The minimum Gasteiger partial charge on any atom is -0.409 e. The Kier molecular flexibility index (Phi) is 5.25. The lowest BCUT2D eigenvalue weighted by atomic mass is 10.2. The molecule has 0 aliphatic carbocycles. The molecule has 4 N–H and O–H groups in total. The van der Waals surface area contributed by atoms with E-state index in [1.165, 1.54) is 4.90 Å². The molecule has 1 rings (SSSR count). The third-order valence-electron chi connectivity index (χ3n) is 2.62. The van der Waals surface area contributed by atoms with Gasteiger partial charge < -0.3 is 21.2 Å². The standard InChI is InChI=1S/C12H19N5O2/c1-8(12(18)17(2)3)15-7-9-4-5-14-10(6-9)11(13)16-19/h4-6,8,15,19H,7H2,1-3H3,(H2,13,16). The number of aromatic nitrogens is 1. The van der Waals surface area contributed by atoms with E-state index in [1.807, 2.05) is 0 Å². The van der Waals surface area contributed by atoms with E-state index in [9.17, 15) is 4.79 Å². The molecule has 7 heteroatoms. The Labute approximate surface area is 112 Å². The Hall–Kier alpha value is -2.15. The Morgan fingerprint density at radius 3 is 2.89 bits per heavy atom. The molecule has 0 fully saturated rings. The van der Waals surface area contributed by atoms with Gasteiger partial charge in [0.1, 0.15) is 5.69 Å². The lowest BCUT2D eigenvalue weighted by Gasteiger charge is -2.18. The number of amides is 1. The number of hydrogen-bond acceptors (Lipinski definition) is 5. The van der Waals surface area contributed by atoms with E-state index in [0.717, 1.165) is 5.56 Å². The predicted octanol–water partition coefficient (Wildman–Crippen LogP) is -0.258. The van der Waals surface area contributed by atoms with Crippen molar-refractivity contribution in [1.29, 1.82) is 0 Å². The van der Waals surface area contributed by atoms with Crippen LogP contribution in [0.4, 0.5) is 0 Å². The number of likely N-dealkylation sites (N-methyl/N-ethyl adjacent to an activating group) is 1. The quantitative estimate of drug-likeness (QED) is 0.294. The number of carbonyl (C=O) groups is 1. The molecule has 0 bridgehead atoms. The third-order valence-corrected chi connectivity index (χ3v) is 2.62. The number of pyridine rings is 1. The molecule has 0 radical (unpaired) electrons. The van der Waals surface area contributed by atoms with Gasteiger partial charge in [-0.3, -0.25) is 9.78 Å². The van der Waals surface area contributed by atoms with E-state index in [0.29, 0.717) is 12.2 Å². The summed E-state index contributed by atoms with van der Waals surface area (Å²) < 4.78 is 0. The maximum Gasteiger partial charge on any atom is 0.238 e. The van der Waals surface area contributed by atoms with Crippen molar-refractivity contribution in [1.82, 2.24) is 15.2 Å². The molecule has 1 atom stereocenters. The molecule has 0 spiro atoms. The molecule has 104 valence electrons. The summed E-state index contributed by atoms with van der Waals surface area (Å²) in [7, 11) is 3.42. The van der Waals surface area contributed by atoms with Crippen LogP contribution in [0.25, 0.3) is 0 Å². The van der Waals surface area contributed by atoms with Gasteiger partial charge in [0.2, 0.25) is 5.91 Å². The van der Waals surface area contributed by atoms with Gasteiger partial charge in [-0.05, 0) is 24.6 Å². The van der Waals surface area contributed by atoms with Crippen molar-refractivity contribution in [3.8, 4) is 0 Å². The van der Waals surface area contributed by atoms with Crippen LogP contribution in [0, 0.1) is 0 Å². The number of amidine groups is 1. The number of hydrogen-bond donors (Lipinski definition) is 3. The first-order chi connectivity index (χ1) is 8.95. The zero-order valence-corrected chi connectivity index (χ0v) is 11.3. The Bertz CT molecular complexity index is 473. The number of nitrogens with zero attached hydrogens (tertiary/aromatic N) is 3. The second-order valence-corrected chi connectivity index (χ2v) is 4.37. The van der Waals surface area contributed by atoms with Crippen LogP contribution in [0.2, 0.25) is 0 Å². The van der Waals surface area contributed by atoms with Gasteiger partial charge in [-0.1, -0.05) is 5.16 Å². The third kappa shape index (κ3) is 4.22. The van der Waals surface area contributed by atoms with Gasteiger partial charge in [0.25, 0.3) is 0 Å². The van der Waals surface area contributed by atoms with E-state index in [2.05, 4.69) is 15.5 Å². The summed E-state index contributed by atoms with van der Waals surface area (Å²) in [6, 6.07) is 3.22. The smallest absolute Gasteiger partial charge is 0.238 e. The summed E-state index contributed by atoms with van der Waals surface area (Å²) in [5, 5.41) is 14.6. The van der Waals surface area contributed by atoms with Crippen LogP contribution in [-0.2, 0) is 11.3 Å². The number of oxime groups is 1. The summed E-state index contributed by atoms with van der Waals surface area (Å²) in [6.45, 7) is 2.29. The lowest BCUT2D eigenvalue weighted by molar-refractivity contribution is -0.130. The normalized spacial score (nSPS) is 13.1. The topological polar surface area (TPSA) is 104 Å². The molecule has 0 aliphatic heterocycles. The molecule has 1 aromatic rings. The molecule has 0 saturated carbocycles. The molecule has 1 heterocycles. The minimum absolute atomic E-state index is 0.00529. The molecule has 1 unspecified atom stereocenters. The highest BCUT2D eigenvalue weighted by Crippen LogP contribution is 2.02. The van der Waals surface area contributed by atoms with Gasteiger partial charge in [-0.2, -0.15) is 0 Å². The van der Waals surface area contributed by atoms with Crippen molar-refractivity contribution in [2.75, 3.05) is 14.1 Å². The molecular formula is C12H19N5O2. The monoisotopic (exact) mass is 265 g/mol. The van der Waals surface area contributed by atoms with Crippen LogP contribution in [0.5, 0.6) is 0 Å². The van der Waals surface area contributed by atoms with Crippen LogP contribution in [0.1, 0.15) is 18.2 Å². The first kappa shape index (κ1) is 14.9. The highest BCUT2D eigenvalue weighted by atomic mass is 16.4. The Morgan fingerprint density at radius 2 is 2.32 bits per heavy atom. The number of nitrogens with one attached hydrogen (secondary N) is 1. The van der Waals surface area contributed by atoms with Crippen LogP contribution >= 0.6 is 0 Å². The van der Waals surface area contributed by atoms with Crippen LogP contribution in [0.15, 0.2) is 23.5 Å². The zero-order chi connectivity index (χ0) is 14.4. The van der Waals surface area contributed by atoms with Crippen molar-refractivity contribution in [2.45, 2.75) is 19.5 Å². The van der Waals surface area contributed by atoms with Crippen LogP contribution < -0.4 is 11.1 Å². The second-order valence-electron chi connectivity index (χ2n) is 4.37. The van der Waals surface area contributed by atoms with E-state index >= 15 is 0 Å². The van der Waals surface area contributed by atoms with E-state index in [4.69, 9.17) is 10.9 Å². The molecule has 0 aromatic carbocycles. The fraction of sp³-hybridized carbons (Fsp3) is 0.417. The maximum absolute atomic E-state index is 11.7. The van der Waals surface area contributed by atoms with E-state index < -0.39 is 0 Å². The summed E-state index contributed by atoms with van der Waals surface area (Å²) in [5.41, 5.74) is 6.76. The molecule has 19 heavy (non-hydrogen) atoms. The van der Waals surface area contributed by atoms with E-state index in [-0.39, 0.29) is 17.8 Å². The molecule has 1 aromatic heterocycles. The van der Waals surface area contributed by atoms with Gasteiger partial charge in [0.15, 0.2) is 5.84 Å². The summed E-state index contributed by atoms with van der Waals surface area (Å²) in [4.78, 5) is 17.2. The SMILES string of the molecule is CC(NCc1ccnc(C(N)=NO)c1)C(=O)N(C)C. The fourth-order valence-corrected chi connectivity index (χ4v) is 1.52. The number of carbonyl (C=O) groups excluding carboxylic acids is 1. The molecule has 1 amide bonds. The van der Waals surface area contributed by atoms with Gasteiger partial charge in [-0.15, -0.1) is 0 Å². The van der Waals surface area contributed by atoms with E-state index in [1.54, 1.807) is 39.3 Å². The van der Waals surface area contributed by atoms with Crippen molar-refractivity contribution >= 4 is 11.7 Å². The van der Waals surface area contributed by atoms with Crippen LogP contribution in [0.3, 0.4) is 0 Å². The molecular weight excluding hydrogens is 246 g/mol. The Balaban J connectivity index is 2.66. The largest absolute Gasteiger partial charge is 0.409 e. The first-order valence-electron chi connectivity index (χ1n) is 5.83. The van der Waals surface area contributed by atoms with Gasteiger partial charge in [0.05, 0.1) is 6.04 Å². The number of rotatable bonds is 5.